The summed E-state index contributed by atoms with van der Waals surface area (Å²) in [6.45, 7) is 0. The largest absolute Gasteiger partial charge is 1.00 e. The van der Waals surface area contributed by atoms with Gasteiger partial charge in [-0.1, -0.05) is 0 Å². The molecule has 0 spiro atoms. The van der Waals surface area contributed by atoms with Crippen LogP contribution in [0.25, 0.3) is 10.8 Å². The molecule has 28 heavy (non-hydrogen) atoms. The maximum Gasteiger partial charge on any atom is 1.00 e. The van der Waals surface area contributed by atoms with Crippen molar-refractivity contribution in [1.82, 2.24) is 0 Å². The Hall–Kier alpha value is 0.830. The first-order valence-corrected chi connectivity index (χ1v) is 9.99. The number of fused-ring (bicyclic) bond motifs is 1. The van der Waals surface area contributed by atoms with Gasteiger partial charge in [-0.3, -0.25) is 10.1 Å². The van der Waals surface area contributed by atoms with E-state index in [1.807, 2.05) is 0 Å². The van der Waals surface area contributed by atoms with Crippen LogP contribution in [0.1, 0.15) is 0 Å². The zero-order chi connectivity index (χ0) is 19.4. The summed E-state index contributed by atoms with van der Waals surface area (Å²) in [7, 11) is -16.1. The first-order chi connectivity index (χ1) is 11.1. The molecular formula is C10H4NNa3O11S3. The Morgan fingerprint density at radius 1 is 0.679 bits per heavy atom. The Bertz CT molecular complexity index is 1240. The molecule has 2 rings (SSSR count). The van der Waals surface area contributed by atoms with Crippen LogP contribution in [0.3, 0.4) is 0 Å². The molecule has 0 aliphatic rings. The Balaban J connectivity index is 0. The summed E-state index contributed by atoms with van der Waals surface area (Å²) in [6, 6.07) is 1.21. The molecule has 0 aliphatic heterocycles. The summed E-state index contributed by atoms with van der Waals surface area (Å²) < 4.78 is 100. The van der Waals surface area contributed by atoms with Crippen molar-refractivity contribution >= 4 is 46.8 Å². The third kappa shape index (κ3) is 6.93. The zero-order valence-corrected chi connectivity index (χ0v) is 22.9. The van der Waals surface area contributed by atoms with E-state index in [1.165, 1.54) is 0 Å². The van der Waals surface area contributed by atoms with Crippen LogP contribution >= 0.6 is 0 Å². The van der Waals surface area contributed by atoms with E-state index in [9.17, 15) is 49.0 Å². The first-order valence-electron chi connectivity index (χ1n) is 5.76. The molecule has 0 saturated heterocycles. The van der Waals surface area contributed by atoms with Crippen molar-refractivity contribution in [2.45, 2.75) is 14.7 Å². The number of nitro groups is 1. The fourth-order valence-corrected chi connectivity index (χ4v) is 3.91. The van der Waals surface area contributed by atoms with E-state index < -0.39 is 66.4 Å². The standard InChI is InChI=1S/C10H7NO11S3.3Na/c12-11(13)8-3-6(23(14,15)16)1-5-2-7(24(17,18)19)4-9(10(5)8)25(20,21)22;;;/h1-4H,(H,14,15,16)(H,17,18,19)(H,20,21,22);;;/q;3*+1/p-3. The van der Waals surface area contributed by atoms with Crippen LogP contribution in [0.4, 0.5) is 5.69 Å². The Morgan fingerprint density at radius 2 is 1.07 bits per heavy atom. The fraction of sp³-hybridized carbons (Fsp3) is 0. The van der Waals surface area contributed by atoms with Crippen molar-refractivity contribution in [1.29, 1.82) is 0 Å². The van der Waals surface area contributed by atoms with Gasteiger partial charge in [-0.2, -0.15) is 0 Å². The van der Waals surface area contributed by atoms with Crippen molar-refractivity contribution in [2.24, 2.45) is 0 Å². The molecule has 0 N–H and O–H groups in total. The fourth-order valence-electron chi connectivity index (χ4n) is 2.03. The summed E-state index contributed by atoms with van der Waals surface area (Å²) in [5, 5.41) is 9.39. The minimum absolute atomic E-state index is 0. The number of nitrogens with zero attached hydrogens (tertiary/aromatic N) is 1. The van der Waals surface area contributed by atoms with Gasteiger partial charge < -0.3 is 13.7 Å². The molecular weight excluding hydrogens is 475 g/mol. The van der Waals surface area contributed by atoms with E-state index in [1.54, 1.807) is 0 Å². The predicted molar refractivity (Wildman–Crippen MR) is 74.5 cm³/mol. The van der Waals surface area contributed by atoms with Crippen LogP contribution in [0.2, 0.25) is 0 Å². The van der Waals surface area contributed by atoms with E-state index in [0.29, 0.717) is 12.1 Å². The van der Waals surface area contributed by atoms with Crippen LogP contribution in [0.5, 0.6) is 0 Å². The molecule has 0 bridgehead atoms. The van der Waals surface area contributed by atoms with Gasteiger partial charge in [0.2, 0.25) is 0 Å². The smallest absolute Gasteiger partial charge is 0.744 e. The molecule has 136 valence electrons. The summed E-state index contributed by atoms with van der Waals surface area (Å²) in [4.78, 5) is 5.98. The zero-order valence-electron chi connectivity index (χ0n) is 14.5. The van der Waals surface area contributed by atoms with Gasteiger partial charge in [0.15, 0.2) is 0 Å². The topological polar surface area (TPSA) is 215 Å². The van der Waals surface area contributed by atoms with E-state index in [0.717, 1.165) is 0 Å². The van der Waals surface area contributed by atoms with Gasteiger partial charge in [0.05, 0.1) is 25.0 Å². The monoisotopic (exact) mass is 479 g/mol. The molecule has 18 heteroatoms. The molecule has 0 aliphatic carbocycles. The van der Waals surface area contributed by atoms with Crippen LogP contribution in [-0.4, -0.2) is 43.8 Å². The van der Waals surface area contributed by atoms with Crippen molar-refractivity contribution in [3.8, 4) is 0 Å². The number of hydrogen-bond acceptors (Lipinski definition) is 11. The van der Waals surface area contributed by atoms with Gasteiger partial charge in [-0.05, 0) is 23.6 Å². The van der Waals surface area contributed by atoms with Crippen molar-refractivity contribution in [3.63, 3.8) is 0 Å². The van der Waals surface area contributed by atoms with E-state index >= 15 is 0 Å². The molecule has 0 aromatic heterocycles. The Labute approximate surface area is 225 Å². The quantitative estimate of drug-likeness (QED) is 0.174. The summed E-state index contributed by atoms with van der Waals surface area (Å²) in [5.41, 5.74) is -1.24. The SMILES string of the molecule is O=[N+]([O-])c1cc(S(=O)(=O)[O-])cc2cc(S(=O)(=O)[O-])cc(S(=O)(=O)[O-])c12.[Na+].[Na+].[Na+]. The van der Waals surface area contributed by atoms with Gasteiger partial charge in [-0.25, -0.2) is 25.3 Å². The van der Waals surface area contributed by atoms with Gasteiger partial charge in [0, 0.05) is 6.07 Å². The average Bonchev–Trinajstić information content (AvgIpc) is 2.41. The maximum absolute atomic E-state index is 11.3. The molecule has 0 fully saturated rings. The molecule has 0 radical (unpaired) electrons. The van der Waals surface area contributed by atoms with Crippen LogP contribution in [-0.2, 0) is 30.4 Å². The number of non-ortho nitro benzene ring substituents is 1. The average molecular weight is 479 g/mol. The number of hydrogen-bond donors (Lipinski definition) is 0. The number of benzene rings is 2. The molecule has 0 saturated carbocycles. The van der Waals surface area contributed by atoms with E-state index in [2.05, 4.69) is 0 Å². The molecule has 0 atom stereocenters. The van der Waals surface area contributed by atoms with Gasteiger partial charge in [0.25, 0.3) is 5.69 Å². The van der Waals surface area contributed by atoms with E-state index in [-0.39, 0.29) is 101 Å². The second-order valence-electron chi connectivity index (χ2n) is 4.58. The molecule has 0 amide bonds. The normalized spacial score (nSPS) is 11.7. The Kier molecular flexibility index (Phi) is 11.6. The molecule has 12 nitrogen and oxygen atoms in total. The summed E-state index contributed by atoms with van der Waals surface area (Å²) in [5.74, 6) is 0. The first kappa shape index (κ1) is 31.0. The third-order valence-electron chi connectivity index (χ3n) is 2.98. The van der Waals surface area contributed by atoms with Gasteiger partial charge >= 0.3 is 88.7 Å². The third-order valence-corrected chi connectivity index (χ3v) is 5.47. The number of rotatable bonds is 4. The second kappa shape index (κ2) is 10.4. The van der Waals surface area contributed by atoms with Crippen molar-refractivity contribution in [2.75, 3.05) is 0 Å². The van der Waals surface area contributed by atoms with Crippen LogP contribution in [0.15, 0.2) is 39.0 Å². The van der Waals surface area contributed by atoms with Gasteiger partial charge in [0.1, 0.15) is 30.4 Å². The van der Waals surface area contributed by atoms with Crippen molar-refractivity contribution < 1.29 is 133 Å². The minimum Gasteiger partial charge on any atom is -0.744 e. The molecule has 0 unspecified atom stereocenters. The number of nitro benzene ring substituents is 1. The van der Waals surface area contributed by atoms with E-state index in [4.69, 9.17) is 0 Å². The second-order valence-corrected chi connectivity index (χ2v) is 8.69. The summed E-state index contributed by atoms with van der Waals surface area (Å²) >= 11 is 0. The van der Waals surface area contributed by atoms with Crippen molar-refractivity contribution in [3.05, 3.63) is 34.4 Å². The Morgan fingerprint density at radius 3 is 1.39 bits per heavy atom. The molecule has 2 aromatic rings. The van der Waals surface area contributed by atoms with Crippen LogP contribution in [0, 0.1) is 10.1 Å². The molecule has 2 aromatic carbocycles. The molecule has 0 heterocycles. The van der Waals surface area contributed by atoms with Gasteiger partial charge in [-0.15, -0.1) is 0 Å². The minimum atomic E-state index is -5.50. The summed E-state index contributed by atoms with van der Waals surface area (Å²) in [6.07, 6.45) is 0. The van der Waals surface area contributed by atoms with Crippen LogP contribution < -0.4 is 88.7 Å². The maximum atomic E-state index is 11.3. The predicted octanol–water partition coefficient (Wildman–Crippen LogP) is -9.53.